The largest absolute Gasteiger partial charge is 0.328 e. The van der Waals surface area contributed by atoms with Gasteiger partial charge in [-0.1, -0.05) is 11.8 Å². The molecular weight excluding hydrogens is 234 g/mol. The summed E-state index contributed by atoms with van der Waals surface area (Å²) in [6.45, 7) is 0.958. The van der Waals surface area contributed by atoms with Gasteiger partial charge in [-0.15, -0.1) is 11.3 Å². The Morgan fingerprint density at radius 3 is 2.88 bits per heavy atom. The van der Waals surface area contributed by atoms with Crippen molar-refractivity contribution in [2.45, 2.75) is 6.54 Å². The third-order valence-corrected chi connectivity index (χ3v) is 3.30. The summed E-state index contributed by atoms with van der Waals surface area (Å²) in [7, 11) is 1.74. The van der Waals surface area contributed by atoms with Gasteiger partial charge in [0, 0.05) is 24.3 Å². The molecule has 0 atom stereocenters. The number of hydrogen-bond acceptors (Lipinski definition) is 3. The number of nitrogens with zero attached hydrogens (tertiary/aromatic N) is 2. The predicted octanol–water partition coefficient (Wildman–Crippen LogP) is 0.607. The molecule has 2 rings (SSSR count). The van der Waals surface area contributed by atoms with Gasteiger partial charge in [-0.3, -0.25) is 4.57 Å². The lowest BCUT2D eigenvalue weighted by atomic mass is 10.4. The van der Waals surface area contributed by atoms with Crippen LogP contribution in [0, 0.1) is 11.8 Å². The van der Waals surface area contributed by atoms with E-state index in [-0.39, 0.29) is 5.69 Å². The lowest BCUT2D eigenvalue weighted by molar-refractivity contribution is 0.724. The number of aromatic nitrogens is 2. The fourth-order valence-electron chi connectivity index (χ4n) is 1.47. The van der Waals surface area contributed by atoms with Gasteiger partial charge >= 0.3 is 5.69 Å². The van der Waals surface area contributed by atoms with E-state index >= 15 is 0 Å². The minimum Gasteiger partial charge on any atom is -0.320 e. The molecule has 0 amide bonds. The highest BCUT2D eigenvalue weighted by Gasteiger charge is 2.03. The van der Waals surface area contributed by atoms with Gasteiger partial charge < -0.3 is 10.3 Å². The van der Waals surface area contributed by atoms with Crippen LogP contribution >= 0.6 is 11.3 Å². The number of thiophene rings is 1. The zero-order valence-electron chi connectivity index (χ0n) is 9.51. The molecule has 0 aliphatic heterocycles. The molecular formula is C12H13N3OS. The molecule has 0 aliphatic rings. The third kappa shape index (κ3) is 2.67. The average Bonchev–Trinajstić information content (AvgIpc) is 2.89. The van der Waals surface area contributed by atoms with Crippen LogP contribution in [0.2, 0.25) is 0 Å². The molecule has 0 aliphatic carbocycles. The number of rotatable bonds is 2. The second-order valence-corrected chi connectivity index (χ2v) is 4.76. The van der Waals surface area contributed by atoms with Crippen molar-refractivity contribution >= 4 is 11.3 Å². The van der Waals surface area contributed by atoms with E-state index in [1.165, 1.54) is 0 Å². The Kier molecular flexibility index (Phi) is 3.47. The molecule has 0 saturated carbocycles. The molecule has 0 aromatic carbocycles. The first-order chi connectivity index (χ1) is 8.20. The zero-order valence-corrected chi connectivity index (χ0v) is 10.3. The molecule has 2 aromatic heterocycles. The van der Waals surface area contributed by atoms with E-state index in [2.05, 4.69) is 11.8 Å². The Balaban J connectivity index is 2.17. The van der Waals surface area contributed by atoms with Gasteiger partial charge in [0.15, 0.2) is 0 Å². The first-order valence-corrected chi connectivity index (χ1v) is 6.02. The topological polar surface area (TPSA) is 52.9 Å². The standard InChI is InChI=1S/C12H13N3OS/c1-14-7-8-15(12(14)16)9-11-5-4-10(17-11)3-2-6-13/h4-5,7-8H,6,9,13H2,1H3. The van der Waals surface area contributed by atoms with Crippen molar-refractivity contribution in [1.29, 1.82) is 0 Å². The summed E-state index contributed by atoms with van der Waals surface area (Å²) < 4.78 is 3.23. The van der Waals surface area contributed by atoms with E-state index in [1.54, 1.807) is 39.9 Å². The van der Waals surface area contributed by atoms with Crippen LogP contribution in [0.1, 0.15) is 9.75 Å². The molecule has 0 bridgehead atoms. The highest BCUT2D eigenvalue weighted by Crippen LogP contribution is 2.15. The van der Waals surface area contributed by atoms with E-state index in [4.69, 9.17) is 5.73 Å². The van der Waals surface area contributed by atoms with E-state index in [1.807, 2.05) is 12.1 Å². The Morgan fingerprint density at radius 1 is 1.41 bits per heavy atom. The van der Waals surface area contributed by atoms with Crippen molar-refractivity contribution in [1.82, 2.24) is 9.13 Å². The smallest absolute Gasteiger partial charge is 0.320 e. The minimum absolute atomic E-state index is 0.00649. The van der Waals surface area contributed by atoms with Gasteiger partial charge in [0.2, 0.25) is 0 Å². The molecule has 0 unspecified atom stereocenters. The average molecular weight is 247 g/mol. The third-order valence-electron chi connectivity index (χ3n) is 2.32. The number of imidazole rings is 1. The maximum absolute atomic E-state index is 11.6. The Morgan fingerprint density at radius 2 is 2.24 bits per heavy atom. The Labute approximate surface area is 103 Å². The van der Waals surface area contributed by atoms with Crippen molar-refractivity contribution in [2.75, 3.05) is 6.54 Å². The fourth-order valence-corrected chi connectivity index (χ4v) is 2.35. The molecule has 17 heavy (non-hydrogen) atoms. The maximum atomic E-state index is 11.6. The van der Waals surface area contributed by atoms with Crippen LogP contribution in [0.15, 0.2) is 29.3 Å². The molecule has 0 fully saturated rings. The molecule has 88 valence electrons. The molecule has 2 N–H and O–H groups in total. The highest BCUT2D eigenvalue weighted by molar-refractivity contribution is 7.12. The van der Waals surface area contributed by atoms with Crippen LogP contribution < -0.4 is 11.4 Å². The van der Waals surface area contributed by atoms with Crippen molar-refractivity contribution in [2.24, 2.45) is 12.8 Å². The van der Waals surface area contributed by atoms with Crippen molar-refractivity contribution < 1.29 is 0 Å². The van der Waals surface area contributed by atoms with Gasteiger partial charge in [-0.05, 0) is 12.1 Å². The minimum atomic E-state index is -0.00649. The first-order valence-electron chi connectivity index (χ1n) is 5.20. The lowest BCUT2D eigenvalue weighted by Gasteiger charge is -1.96. The molecule has 0 spiro atoms. The van der Waals surface area contributed by atoms with Crippen LogP contribution in [0.4, 0.5) is 0 Å². The van der Waals surface area contributed by atoms with Crippen molar-refractivity contribution in [3.05, 3.63) is 44.8 Å². The van der Waals surface area contributed by atoms with Gasteiger partial charge in [0.05, 0.1) is 18.0 Å². The number of nitrogens with two attached hydrogens (primary N) is 1. The van der Waals surface area contributed by atoms with Crippen molar-refractivity contribution in [3.63, 3.8) is 0 Å². The van der Waals surface area contributed by atoms with Gasteiger partial charge in [-0.2, -0.15) is 0 Å². The van der Waals surface area contributed by atoms with E-state index in [0.29, 0.717) is 13.1 Å². The molecule has 4 nitrogen and oxygen atoms in total. The summed E-state index contributed by atoms with van der Waals surface area (Å²) in [5.41, 5.74) is 5.31. The second-order valence-electron chi connectivity index (χ2n) is 3.59. The van der Waals surface area contributed by atoms with Gasteiger partial charge in [0.25, 0.3) is 0 Å². The summed E-state index contributed by atoms with van der Waals surface area (Å²) >= 11 is 1.59. The molecule has 2 heterocycles. The summed E-state index contributed by atoms with van der Waals surface area (Å²) in [6.07, 6.45) is 3.54. The zero-order chi connectivity index (χ0) is 12.3. The summed E-state index contributed by atoms with van der Waals surface area (Å²) in [4.78, 5) is 13.7. The van der Waals surface area contributed by atoms with E-state index < -0.39 is 0 Å². The predicted molar refractivity (Wildman–Crippen MR) is 69.0 cm³/mol. The maximum Gasteiger partial charge on any atom is 0.328 e. The summed E-state index contributed by atoms with van der Waals surface area (Å²) in [5.74, 6) is 5.79. The quantitative estimate of drug-likeness (QED) is 0.790. The molecule has 0 radical (unpaired) electrons. The van der Waals surface area contributed by atoms with Gasteiger partial charge in [-0.25, -0.2) is 4.79 Å². The second kappa shape index (κ2) is 5.04. The van der Waals surface area contributed by atoms with E-state index in [9.17, 15) is 4.79 Å². The monoisotopic (exact) mass is 247 g/mol. The van der Waals surface area contributed by atoms with Crippen molar-refractivity contribution in [3.8, 4) is 11.8 Å². The molecule has 5 heteroatoms. The lowest BCUT2D eigenvalue weighted by Crippen LogP contribution is -2.21. The SMILES string of the molecule is Cn1ccn(Cc2ccc(C#CCN)s2)c1=O. The van der Waals surface area contributed by atoms with Crippen LogP contribution in [0.25, 0.3) is 0 Å². The van der Waals surface area contributed by atoms with E-state index in [0.717, 1.165) is 9.75 Å². The fraction of sp³-hybridized carbons (Fsp3) is 0.250. The van der Waals surface area contributed by atoms with Crippen LogP contribution in [0.5, 0.6) is 0 Å². The van der Waals surface area contributed by atoms with Gasteiger partial charge in [0.1, 0.15) is 0 Å². The highest BCUT2D eigenvalue weighted by atomic mass is 32.1. The molecule has 2 aromatic rings. The molecule has 0 saturated heterocycles. The Hall–Kier alpha value is -1.77. The summed E-state index contributed by atoms with van der Waals surface area (Å²) in [5, 5.41) is 0. The number of hydrogen-bond donors (Lipinski definition) is 1. The Bertz CT molecular complexity index is 624. The normalized spacial score (nSPS) is 10.0. The van der Waals surface area contributed by atoms with Crippen LogP contribution in [-0.2, 0) is 13.6 Å². The van der Waals surface area contributed by atoms with Crippen LogP contribution in [0.3, 0.4) is 0 Å². The summed E-state index contributed by atoms with van der Waals surface area (Å²) in [6, 6.07) is 3.95. The number of aryl methyl sites for hydroxylation is 1. The first kappa shape index (κ1) is 11.7. The van der Waals surface area contributed by atoms with Crippen LogP contribution in [-0.4, -0.2) is 15.7 Å².